The van der Waals surface area contributed by atoms with Crippen molar-refractivity contribution in [2.24, 2.45) is 0 Å². The number of nitrogens with zero attached hydrogens (tertiary/aromatic N) is 1. The van der Waals surface area contributed by atoms with Gasteiger partial charge in [0.2, 0.25) is 5.75 Å². The predicted molar refractivity (Wildman–Crippen MR) is 99.8 cm³/mol. The third-order valence-corrected chi connectivity index (χ3v) is 3.72. The van der Waals surface area contributed by atoms with Gasteiger partial charge in [0.1, 0.15) is 11.6 Å². The van der Waals surface area contributed by atoms with Crippen LogP contribution in [0.1, 0.15) is 5.56 Å². The molecule has 0 bridgehead atoms. The van der Waals surface area contributed by atoms with Crippen molar-refractivity contribution in [3.05, 3.63) is 52.6 Å². The van der Waals surface area contributed by atoms with Crippen LogP contribution in [0.4, 0.5) is 5.69 Å². The highest BCUT2D eigenvalue weighted by atomic mass is 35.5. The summed E-state index contributed by atoms with van der Waals surface area (Å²) in [5.74, 6) is 0.738. The molecule has 2 rings (SSSR count). The molecule has 2 aromatic carbocycles. The van der Waals surface area contributed by atoms with Crippen molar-refractivity contribution in [2.75, 3.05) is 26.6 Å². The summed E-state index contributed by atoms with van der Waals surface area (Å²) in [7, 11) is 4.47. The van der Waals surface area contributed by atoms with Crippen LogP contribution in [0, 0.1) is 11.3 Å². The summed E-state index contributed by atoms with van der Waals surface area (Å²) in [6, 6.07) is 11.8. The summed E-state index contributed by atoms with van der Waals surface area (Å²) >= 11 is 5.82. The second-order valence-electron chi connectivity index (χ2n) is 5.09. The van der Waals surface area contributed by atoms with E-state index in [-0.39, 0.29) is 5.57 Å². The van der Waals surface area contributed by atoms with E-state index >= 15 is 0 Å². The summed E-state index contributed by atoms with van der Waals surface area (Å²) in [6.07, 6.45) is 1.44. The van der Waals surface area contributed by atoms with Crippen LogP contribution in [0.3, 0.4) is 0 Å². The van der Waals surface area contributed by atoms with Gasteiger partial charge in [-0.05, 0) is 48.0 Å². The number of halogens is 1. The topological polar surface area (TPSA) is 80.6 Å². The normalized spacial score (nSPS) is 10.7. The number of hydrogen-bond donors (Lipinski definition) is 1. The van der Waals surface area contributed by atoms with Crippen molar-refractivity contribution >= 4 is 29.3 Å². The number of nitrogens with one attached hydrogen (secondary N) is 1. The number of anilines is 1. The maximum absolute atomic E-state index is 12.3. The molecule has 2 aromatic rings. The van der Waals surface area contributed by atoms with Crippen molar-refractivity contribution in [3.8, 4) is 23.3 Å². The Morgan fingerprint density at radius 3 is 2.12 bits per heavy atom. The molecule has 134 valence electrons. The van der Waals surface area contributed by atoms with E-state index in [1.165, 1.54) is 27.4 Å². The number of carbonyl (C=O) groups excluding carboxylic acids is 1. The highest BCUT2D eigenvalue weighted by molar-refractivity contribution is 6.30. The quantitative estimate of drug-likeness (QED) is 0.614. The van der Waals surface area contributed by atoms with E-state index in [2.05, 4.69) is 5.32 Å². The minimum Gasteiger partial charge on any atom is -0.493 e. The molecule has 6 nitrogen and oxygen atoms in total. The minimum atomic E-state index is -0.538. The summed E-state index contributed by atoms with van der Waals surface area (Å²) in [4.78, 5) is 12.3. The highest BCUT2D eigenvalue weighted by Crippen LogP contribution is 2.38. The van der Waals surface area contributed by atoms with Gasteiger partial charge in [0.25, 0.3) is 5.91 Å². The SMILES string of the molecule is COc1cc(/C=C(/C#N)C(=O)Nc2ccc(Cl)cc2)cc(OC)c1OC. The first kappa shape index (κ1) is 19.2. The molecule has 0 saturated heterocycles. The van der Waals surface area contributed by atoms with Crippen LogP contribution in [0.25, 0.3) is 6.08 Å². The van der Waals surface area contributed by atoms with Crippen LogP contribution < -0.4 is 19.5 Å². The lowest BCUT2D eigenvalue weighted by atomic mass is 10.1. The van der Waals surface area contributed by atoms with Gasteiger partial charge in [0, 0.05) is 10.7 Å². The lowest BCUT2D eigenvalue weighted by Gasteiger charge is -2.13. The molecule has 0 atom stereocenters. The molecular formula is C19H17ClN2O4. The first-order chi connectivity index (χ1) is 12.5. The molecule has 0 aromatic heterocycles. The van der Waals surface area contributed by atoms with Crippen LogP contribution in [0.2, 0.25) is 5.02 Å². The van der Waals surface area contributed by atoms with Crippen LogP contribution >= 0.6 is 11.6 Å². The Balaban J connectivity index is 2.34. The molecule has 7 heteroatoms. The predicted octanol–water partition coefficient (Wildman–Crippen LogP) is 3.91. The van der Waals surface area contributed by atoms with Crippen molar-refractivity contribution in [1.29, 1.82) is 5.26 Å². The fourth-order valence-electron chi connectivity index (χ4n) is 2.23. The standard InChI is InChI=1S/C19H17ClN2O4/c1-24-16-9-12(10-17(25-2)18(16)26-3)8-13(11-21)19(23)22-15-6-4-14(20)5-7-15/h4-10H,1-3H3,(H,22,23)/b13-8-. The van der Waals surface area contributed by atoms with Crippen molar-refractivity contribution in [3.63, 3.8) is 0 Å². The number of ether oxygens (including phenoxy) is 3. The van der Waals surface area contributed by atoms with Gasteiger partial charge >= 0.3 is 0 Å². The lowest BCUT2D eigenvalue weighted by molar-refractivity contribution is -0.112. The second kappa shape index (κ2) is 8.79. The second-order valence-corrected chi connectivity index (χ2v) is 5.53. The number of amides is 1. The van der Waals surface area contributed by atoms with E-state index in [0.29, 0.717) is 33.5 Å². The van der Waals surface area contributed by atoms with Crippen molar-refractivity contribution < 1.29 is 19.0 Å². The smallest absolute Gasteiger partial charge is 0.266 e. The van der Waals surface area contributed by atoms with E-state index < -0.39 is 5.91 Å². The molecule has 0 aliphatic carbocycles. The molecule has 1 N–H and O–H groups in total. The van der Waals surface area contributed by atoms with Crippen LogP contribution in [0.5, 0.6) is 17.2 Å². The average Bonchev–Trinajstić information content (AvgIpc) is 2.66. The Labute approximate surface area is 156 Å². The molecule has 0 fully saturated rings. The Morgan fingerprint density at radius 1 is 1.08 bits per heavy atom. The largest absolute Gasteiger partial charge is 0.493 e. The van der Waals surface area contributed by atoms with Gasteiger partial charge in [-0.25, -0.2) is 0 Å². The molecule has 0 aliphatic heterocycles. The molecular weight excluding hydrogens is 356 g/mol. The molecule has 0 unspecified atom stereocenters. The van der Waals surface area contributed by atoms with E-state index in [1.807, 2.05) is 6.07 Å². The summed E-state index contributed by atoms with van der Waals surface area (Å²) in [6.45, 7) is 0. The molecule has 0 aliphatic rings. The van der Waals surface area contributed by atoms with Crippen molar-refractivity contribution in [2.45, 2.75) is 0 Å². The number of hydrogen-bond acceptors (Lipinski definition) is 5. The molecule has 26 heavy (non-hydrogen) atoms. The van der Waals surface area contributed by atoms with E-state index in [1.54, 1.807) is 36.4 Å². The zero-order valence-electron chi connectivity index (χ0n) is 14.5. The molecule has 1 amide bonds. The zero-order valence-corrected chi connectivity index (χ0v) is 15.3. The zero-order chi connectivity index (χ0) is 19.1. The van der Waals surface area contributed by atoms with Gasteiger partial charge in [0.05, 0.1) is 21.3 Å². The minimum absolute atomic E-state index is 0.0748. The van der Waals surface area contributed by atoms with Crippen LogP contribution in [-0.2, 0) is 4.79 Å². The van der Waals surface area contributed by atoms with Gasteiger partial charge in [-0.15, -0.1) is 0 Å². The van der Waals surface area contributed by atoms with E-state index in [4.69, 9.17) is 25.8 Å². The molecule has 0 spiro atoms. The molecule has 0 radical (unpaired) electrons. The number of rotatable bonds is 6. The summed E-state index contributed by atoms with van der Waals surface area (Å²) in [5.41, 5.74) is 1.02. The van der Waals surface area contributed by atoms with Gasteiger partial charge in [-0.1, -0.05) is 11.6 Å². The van der Waals surface area contributed by atoms with Gasteiger partial charge in [-0.3, -0.25) is 4.79 Å². The fraction of sp³-hybridized carbons (Fsp3) is 0.158. The maximum Gasteiger partial charge on any atom is 0.266 e. The number of nitriles is 1. The molecule has 0 heterocycles. The van der Waals surface area contributed by atoms with E-state index in [9.17, 15) is 10.1 Å². The maximum atomic E-state index is 12.3. The Bertz CT molecular complexity index is 845. The van der Waals surface area contributed by atoms with Gasteiger partial charge in [0.15, 0.2) is 11.5 Å². The van der Waals surface area contributed by atoms with E-state index in [0.717, 1.165) is 0 Å². The highest BCUT2D eigenvalue weighted by Gasteiger charge is 2.15. The average molecular weight is 373 g/mol. The number of benzene rings is 2. The Kier molecular flexibility index (Phi) is 6.48. The monoisotopic (exact) mass is 372 g/mol. The summed E-state index contributed by atoms with van der Waals surface area (Å²) < 4.78 is 15.8. The Morgan fingerprint density at radius 2 is 1.65 bits per heavy atom. The van der Waals surface area contributed by atoms with Crippen LogP contribution in [-0.4, -0.2) is 27.2 Å². The fourth-order valence-corrected chi connectivity index (χ4v) is 2.36. The van der Waals surface area contributed by atoms with Gasteiger partial charge < -0.3 is 19.5 Å². The van der Waals surface area contributed by atoms with Gasteiger partial charge in [-0.2, -0.15) is 5.26 Å². The Hall–Kier alpha value is -3.17. The van der Waals surface area contributed by atoms with Crippen molar-refractivity contribution in [1.82, 2.24) is 0 Å². The molecule has 0 saturated carbocycles. The first-order valence-electron chi connectivity index (χ1n) is 7.51. The first-order valence-corrected chi connectivity index (χ1v) is 7.89. The summed E-state index contributed by atoms with van der Waals surface area (Å²) in [5, 5.41) is 12.5. The third kappa shape index (κ3) is 4.47. The number of methoxy groups -OCH3 is 3. The number of carbonyl (C=O) groups is 1. The van der Waals surface area contributed by atoms with Crippen LogP contribution in [0.15, 0.2) is 42.0 Å². The third-order valence-electron chi connectivity index (χ3n) is 3.47. The lowest BCUT2D eigenvalue weighted by Crippen LogP contribution is -2.13.